The van der Waals surface area contributed by atoms with Crippen LogP contribution >= 0.6 is 11.6 Å². The van der Waals surface area contributed by atoms with Crippen molar-refractivity contribution in [2.45, 2.75) is 31.7 Å². The molecule has 0 radical (unpaired) electrons. The maximum Gasteiger partial charge on any atom is 0.573 e. The number of fused-ring (bicyclic) bond motifs is 1. The van der Waals surface area contributed by atoms with Crippen LogP contribution in [0.4, 0.5) is 13.2 Å². The highest BCUT2D eigenvalue weighted by atomic mass is 35.5. The normalized spacial score (nSPS) is 17.8. The Kier molecular flexibility index (Phi) is 6.21. The van der Waals surface area contributed by atoms with E-state index in [1.165, 1.54) is 13.0 Å². The van der Waals surface area contributed by atoms with Crippen LogP contribution < -0.4 is 18.9 Å². The first-order chi connectivity index (χ1) is 14.1. The number of hydrogen-bond acceptors (Lipinski definition) is 5. The second kappa shape index (κ2) is 8.51. The molecule has 30 heavy (non-hydrogen) atoms. The van der Waals surface area contributed by atoms with Crippen molar-refractivity contribution in [3.8, 4) is 23.0 Å². The fourth-order valence-electron chi connectivity index (χ4n) is 2.87. The third-order valence-electron chi connectivity index (χ3n) is 4.30. The molecular formula is C20H18ClF3O6. The Labute approximate surface area is 175 Å². The minimum Gasteiger partial charge on any atom is -0.493 e. The summed E-state index contributed by atoms with van der Waals surface area (Å²) in [6.45, 7) is 2.05. The number of aliphatic carboxylic acids is 1. The Morgan fingerprint density at radius 1 is 1.17 bits per heavy atom. The highest BCUT2D eigenvalue weighted by molar-refractivity contribution is 6.32. The van der Waals surface area contributed by atoms with Gasteiger partial charge in [0.2, 0.25) is 5.60 Å². The maximum atomic E-state index is 12.2. The van der Waals surface area contributed by atoms with Crippen LogP contribution in [-0.2, 0) is 11.2 Å². The summed E-state index contributed by atoms with van der Waals surface area (Å²) in [5, 5.41) is 9.25. The largest absolute Gasteiger partial charge is 0.573 e. The summed E-state index contributed by atoms with van der Waals surface area (Å²) in [6.07, 6.45) is -4.07. The highest BCUT2D eigenvalue weighted by Crippen LogP contribution is 2.37. The Morgan fingerprint density at radius 2 is 1.87 bits per heavy atom. The molecule has 1 heterocycles. The van der Waals surface area contributed by atoms with Crippen molar-refractivity contribution in [2.75, 3.05) is 13.2 Å². The number of carboxylic acids is 1. The van der Waals surface area contributed by atoms with Gasteiger partial charge in [-0.3, -0.25) is 0 Å². The van der Waals surface area contributed by atoms with Gasteiger partial charge in [0.1, 0.15) is 23.0 Å². The van der Waals surface area contributed by atoms with E-state index in [1.54, 1.807) is 18.2 Å². The molecule has 0 aliphatic carbocycles. The van der Waals surface area contributed by atoms with Gasteiger partial charge in [0.25, 0.3) is 0 Å². The van der Waals surface area contributed by atoms with E-state index >= 15 is 0 Å². The predicted molar refractivity (Wildman–Crippen MR) is 101 cm³/mol. The van der Waals surface area contributed by atoms with Gasteiger partial charge in [0.05, 0.1) is 18.2 Å². The summed E-state index contributed by atoms with van der Waals surface area (Å²) in [6, 6.07) is 8.52. The standard InChI is InChI=1S/C20H18ClF3O6/c1-19(18(25)26)11-12-9-13(3-5-16(12)30-19)27-7-2-8-28-17-6-4-14(10-15(17)21)29-20(22,23)24/h3-6,9-10H,2,7-8,11H2,1H3,(H,25,26). The van der Waals surface area contributed by atoms with Crippen molar-refractivity contribution in [3.63, 3.8) is 0 Å². The molecule has 162 valence electrons. The quantitative estimate of drug-likeness (QED) is 0.583. The van der Waals surface area contributed by atoms with E-state index in [1.807, 2.05) is 0 Å². The third kappa shape index (κ3) is 5.41. The minimum atomic E-state index is -4.79. The number of alkyl halides is 3. The first-order valence-electron chi connectivity index (χ1n) is 8.92. The first-order valence-corrected chi connectivity index (χ1v) is 9.30. The number of rotatable bonds is 8. The van der Waals surface area contributed by atoms with Crippen LogP contribution in [0.15, 0.2) is 36.4 Å². The molecule has 1 unspecified atom stereocenters. The number of benzene rings is 2. The van der Waals surface area contributed by atoms with E-state index < -0.39 is 23.7 Å². The summed E-state index contributed by atoms with van der Waals surface area (Å²) < 4.78 is 57.0. The Hall–Kier alpha value is -2.81. The lowest BCUT2D eigenvalue weighted by Gasteiger charge is -2.17. The van der Waals surface area contributed by atoms with E-state index in [4.69, 9.17) is 25.8 Å². The Bertz CT molecular complexity index is 933. The molecule has 10 heteroatoms. The molecule has 0 aromatic heterocycles. The molecule has 1 aliphatic heterocycles. The number of carboxylic acid groups (broad SMARTS) is 1. The van der Waals surface area contributed by atoms with Crippen LogP contribution in [0.5, 0.6) is 23.0 Å². The van der Waals surface area contributed by atoms with E-state index in [-0.39, 0.29) is 23.8 Å². The van der Waals surface area contributed by atoms with Gasteiger partial charge in [0, 0.05) is 24.5 Å². The Morgan fingerprint density at radius 3 is 2.53 bits per heavy atom. The van der Waals surface area contributed by atoms with Gasteiger partial charge >= 0.3 is 12.3 Å². The second-order valence-corrected chi connectivity index (χ2v) is 7.18. The van der Waals surface area contributed by atoms with Crippen LogP contribution in [0.1, 0.15) is 18.9 Å². The Balaban J connectivity index is 1.45. The molecule has 0 saturated carbocycles. The first kappa shape index (κ1) is 21.9. The summed E-state index contributed by atoms with van der Waals surface area (Å²) in [4.78, 5) is 11.3. The van der Waals surface area contributed by atoms with E-state index in [0.29, 0.717) is 24.5 Å². The van der Waals surface area contributed by atoms with Crippen LogP contribution in [0.25, 0.3) is 0 Å². The zero-order valence-corrected chi connectivity index (χ0v) is 16.5. The van der Waals surface area contributed by atoms with Gasteiger partial charge in [0.15, 0.2) is 0 Å². The van der Waals surface area contributed by atoms with Gasteiger partial charge in [-0.15, -0.1) is 13.2 Å². The lowest BCUT2D eigenvalue weighted by molar-refractivity contribution is -0.274. The average molecular weight is 447 g/mol. The molecule has 3 rings (SSSR count). The maximum absolute atomic E-state index is 12.2. The van der Waals surface area contributed by atoms with Crippen molar-refractivity contribution in [1.82, 2.24) is 0 Å². The minimum absolute atomic E-state index is 0.00206. The van der Waals surface area contributed by atoms with Crippen molar-refractivity contribution >= 4 is 17.6 Å². The summed E-state index contributed by atoms with van der Waals surface area (Å²) in [5.74, 6) is -0.145. The number of hydrogen-bond donors (Lipinski definition) is 1. The second-order valence-electron chi connectivity index (χ2n) is 6.77. The topological polar surface area (TPSA) is 74.2 Å². The molecule has 1 atom stereocenters. The van der Waals surface area contributed by atoms with Gasteiger partial charge in [-0.05, 0) is 37.3 Å². The predicted octanol–water partition coefficient (Wildman–Crippen LogP) is 4.86. The molecule has 0 amide bonds. The smallest absolute Gasteiger partial charge is 0.493 e. The zero-order valence-electron chi connectivity index (χ0n) is 15.8. The number of ether oxygens (including phenoxy) is 4. The van der Waals surface area contributed by atoms with Crippen molar-refractivity contribution in [1.29, 1.82) is 0 Å². The molecule has 0 bridgehead atoms. The van der Waals surface area contributed by atoms with Crippen LogP contribution in [0.2, 0.25) is 5.02 Å². The molecule has 1 N–H and O–H groups in total. The molecule has 0 spiro atoms. The summed E-state index contributed by atoms with van der Waals surface area (Å²) in [7, 11) is 0. The highest BCUT2D eigenvalue weighted by Gasteiger charge is 2.42. The van der Waals surface area contributed by atoms with E-state index in [9.17, 15) is 23.1 Å². The lowest BCUT2D eigenvalue weighted by atomic mass is 10.00. The van der Waals surface area contributed by atoms with Gasteiger partial charge in [-0.25, -0.2) is 4.79 Å². The molecule has 2 aromatic carbocycles. The van der Waals surface area contributed by atoms with E-state index in [2.05, 4.69) is 4.74 Å². The molecule has 0 fully saturated rings. The zero-order chi connectivity index (χ0) is 21.9. The SMILES string of the molecule is CC1(C(=O)O)Cc2cc(OCCCOc3ccc(OC(F)(F)F)cc3Cl)ccc2O1. The molecule has 1 aliphatic rings. The fourth-order valence-corrected chi connectivity index (χ4v) is 3.10. The fraction of sp³-hybridized carbons (Fsp3) is 0.350. The summed E-state index contributed by atoms with van der Waals surface area (Å²) in [5.41, 5.74) is -0.532. The van der Waals surface area contributed by atoms with Crippen LogP contribution in [0, 0.1) is 0 Å². The van der Waals surface area contributed by atoms with Crippen molar-refractivity contribution in [2.24, 2.45) is 0 Å². The number of carbonyl (C=O) groups is 1. The molecule has 0 saturated heterocycles. The van der Waals surface area contributed by atoms with Crippen LogP contribution in [0.3, 0.4) is 0 Å². The summed E-state index contributed by atoms with van der Waals surface area (Å²) >= 11 is 5.91. The van der Waals surface area contributed by atoms with Gasteiger partial charge < -0.3 is 24.1 Å². The number of halogens is 4. The third-order valence-corrected chi connectivity index (χ3v) is 4.59. The van der Waals surface area contributed by atoms with Gasteiger partial charge in [-0.1, -0.05) is 11.6 Å². The molecule has 2 aromatic rings. The lowest BCUT2D eigenvalue weighted by Crippen LogP contribution is -2.39. The average Bonchev–Trinajstić information content (AvgIpc) is 2.98. The van der Waals surface area contributed by atoms with Crippen LogP contribution in [-0.4, -0.2) is 36.3 Å². The monoisotopic (exact) mass is 446 g/mol. The van der Waals surface area contributed by atoms with E-state index in [0.717, 1.165) is 17.7 Å². The molecular weight excluding hydrogens is 429 g/mol. The molecule has 6 nitrogen and oxygen atoms in total. The van der Waals surface area contributed by atoms with Crippen molar-refractivity contribution < 1.29 is 42.0 Å². The van der Waals surface area contributed by atoms with Gasteiger partial charge in [-0.2, -0.15) is 0 Å². The van der Waals surface area contributed by atoms with Crippen molar-refractivity contribution in [3.05, 3.63) is 47.0 Å².